The number of methoxy groups -OCH3 is 1. The second-order valence-electron chi connectivity index (χ2n) is 3.39. The molecule has 1 rings (SSSR count). The van der Waals surface area contributed by atoms with Crippen LogP contribution in [-0.2, 0) is 15.4 Å². The summed E-state index contributed by atoms with van der Waals surface area (Å²) in [6.45, 7) is 4.86. The van der Waals surface area contributed by atoms with Gasteiger partial charge < -0.3 is 9.26 Å². The molecule has 88 valence electrons. The van der Waals surface area contributed by atoms with Crippen molar-refractivity contribution in [3.8, 4) is 0 Å². The molecule has 1 aromatic rings. The number of rotatable bonds is 5. The van der Waals surface area contributed by atoms with Crippen LogP contribution in [0.3, 0.4) is 0 Å². The fourth-order valence-corrected chi connectivity index (χ4v) is 2.64. The van der Waals surface area contributed by atoms with Crippen molar-refractivity contribution >= 4 is 14.1 Å². The zero-order valence-electron chi connectivity index (χ0n) is 9.90. The van der Waals surface area contributed by atoms with E-state index in [1.807, 2.05) is 19.1 Å². The van der Waals surface area contributed by atoms with Crippen LogP contribution in [0, 0.1) is 0 Å². The first-order chi connectivity index (χ1) is 7.67. The summed E-state index contributed by atoms with van der Waals surface area (Å²) >= 11 is 0. The van der Waals surface area contributed by atoms with Crippen molar-refractivity contribution in [2.45, 2.75) is 13.1 Å². The van der Waals surface area contributed by atoms with Crippen molar-refractivity contribution in [1.29, 1.82) is 0 Å². The topological polar surface area (TPSA) is 35.5 Å². The average Bonchev–Trinajstić information content (AvgIpc) is 2.29. The third kappa shape index (κ3) is 3.92. The lowest BCUT2D eigenvalue weighted by molar-refractivity contribution is 0.0600. The first-order valence-corrected chi connectivity index (χ1v) is 7.08. The molecule has 1 aromatic carbocycles. The lowest BCUT2D eigenvalue weighted by Gasteiger charge is -2.11. The van der Waals surface area contributed by atoms with E-state index in [-0.39, 0.29) is 5.97 Å². The first kappa shape index (κ1) is 13.1. The van der Waals surface area contributed by atoms with Crippen LogP contribution in [-0.4, -0.2) is 26.4 Å². The van der Waals surface area contributed by atoms with E-state index in [1.54, 1.807) is 12.1 Å². The maximum Gasteiger partial charge on any atom is 0.337 e. The minimum absolute atomic E-state index is 0.296. The number of benzene rings is 1. The smallest absolute Gasteiger partial charge is 0.337 e. The van der Waals surface area contributed by atoms with E-state index in [4.69, 9.17) is 4.52 Å². The van der Waals surface area contributed by atoms with Gasteiger partial charge in [-0.15, -0.1) is 0 Å². The van der Waals surface area contributed by atoms with Crippen LogP contribution in [0.15, 0.2) is 24.3 Å². The number of carbonyl (C=O) groups excluding carboxylic acids is 1. The molecule has 3 nitrogen and oxygen atoms in total. The Morgan fingerprint density at radius 2 is 1.94 bits per heavy atom. The standard InChI is InChI=1S/C12H17O3P/c1-4-15-16(3)9-10-5-7-11(8-6-10)12(13)14-2/h5-8H,4,9H2,1-3H3. The van der Waals surface area contributed by atoms with Gasteiger partial charge in [-0.25, -0.2) is 4.79 Å². The van der Waals surface area contributed by atoms with Gasteiger partial charge in [0.2, 0.25) is 0 Å². The van der Waals surface area contributed by atoms with Gasteiger partial charge in [-0.2, -0.15) is 0 Å². The van der Waals surface area contributed by atoms with Gasteiger partial charge in [-0.05, 0) is 31.3 Å². The summed E-state index contributed by atoms with van der Waals surface area (Å²) in [6.07, 6.45) is 0.921. The van der Waals surface area contributed by atoms with Crippen molar-refractivity contribution in [2.24, 2.45) is 0 Å². The Morgan fingerprint density at radius 1 is 1.31 bits per heavy atom. The van der Waals surface area contributed by atoms with Gasteiger partial charge in [-0.1, -0.05) is 12.1 Å². The highest BCUT2D eigenvalue weighted by Gasteiger charge is 2.06. The molecular weight excluding hydrogens is 223 g/mol. The number of ether oxygens (including phenoxy) is 1. The van der Waals surface area contributed by atoms with Gasteiger partial charge in [0.1, 0.15) is 0 Å². The third-order valence-corrected chi connectivity index (χ3v) is 3.64. The van der Waals surface area contributed by atoms with Gasteiger partial charge >= 0.3 is 5.97 Å². The van der Waals surface area contributed by atoms with Gasteiger partial charge in [0, 0.05) is 20.9 Å². The number of esters is 1. The van der Waals surface area contributed by atoms with Crippen LogP contribution in [0.5, 0.6) is 0 Å². The second-order valence-corrected chi connectivity index (χ2v) is 5.22. The Hall–Kier alpha value is -0.920. The molecule has 0 heterocycles. The van der Waals surface area contributed by atoms with Crippen molar-refractivity contribution in [3.63, 3.8) is 0 Å². The zero-order valence-corrected chi connectivity index (χ0v) is 10.8. The maximum absolute atomic E-state index is 11.2. The summed E-state index contributed by atoms with van der Waals surface area (Å²) < 4.78 is 10.2. The summed E-state index contributed by atoms with van der Waals surface area (Å²) in [7, 11) is 0.984. The minimum atomic E-state index is -0.402. The first-order valence-electron chi connectivity index (χ1n) is 5.18. The molecule has 0 saturated heterocycles. The molecule has 1 unspecified atom stereocenters. The molecule has 0 saturated carbocycles. The van der Waals surface area contributed by atoms with Gasteiger partial charge in [0.15, 0.2) is 0 Å². The van der Waals surface area contributed by atoms with E-state index in [2.05, 4.69) is 11.4 Å². The van der Waals surface area contributed by atoms with E-state index in [0.717, 1.165) is 12.8 Å². The van der Waals surface area contributed by atoms with E-state index < -0.39 is 8.15 Å². The van der Waals surface area contributed by atoms with Crippen molar-refractivity contribution < 1.29 is 14.1 Å². The van der Waals surface area contributed by atoms with Crippen LogP contribution >= 0.6 is 8.15 Å². The normalized spacial score (nSPS) is 12.2. The number of hydrogen-bond donors (Lipinski definition) is 0. The molecule has 0 fully saturated rings. The largest absolute Gasteiger partial charge is 0.465 e. The van der Waals surface area contributed by atoms with E-state index >= 15 is 0 Å². The molecule has 0 amide bonds. The molecule has 16 heavy (non-hydrogen) atoms. The average molecular weight is 240 g/mol. The summed E-state index contributed by atoms with van der Waals surface area (Å²) in [5.74, 6) is -0.296. The van der Waals surface area contributed by atoms with Crippen molar-refractivity contribution in [2.75, 3.05) is 20.4 Å². The van der Waals surface area contributed by atoms with Crippen LogP contribution < -0.4 is 0 Å². The van der Waals surface area contributed by atoms with E-state index in [1.165, 1.54) is 12.7 Å². The molecule has 4 heteroatoms. The fourth-order valence-electron chi connectivity index (χ4n) is 1.39. The monoisotopic (exact) mass is 240 g/mol. The molecule has 0 bridgehead atoms. The molecule has 1 atom stereocenters. The van der Waals surface area contributed by atoms with Gasteiger partial charge in [0.05, 0.1) is 12.7 Å². The summed E-state index contributed by atoms with van der Waals surface area (Å²) in [5.41, 5.74) is 1.78. The minimum Gasteiger partial charge on any atom is -0.465 e. The molecule has 0 spiro atoms. The maximum atomic E-state index is 11.2. The highest BCUT2D eigenvalue weighted by Crippen LogP contribution is 2.36. The lowest BCUT2D eigenvalue weighted by Crippen LogP contribution is -2.00. The van der Waals surface area contributed by atoms with E-state index in [0.29, 0.717) is 5.56 Å². The Balaban J connectivity index is 2.61. The Morgan fingerprint density at radius 3 is 2.44 bits per heavy atom. The fraction of sp³-hybridized carbons (Fsp3) is 0.417. The Kier molecular flexibility index (Phi) is 5.44. The molecular formula is C12H17O3P. The summed E-state index contributed by atoms with van der Waals surface area (Å²) in [5, 5.41) is 0. The van der Waals surface area contributed by atoms with Gasteiger partial charge in [-0.3, -0.25) is 0 Å². The predicted molar refractivity (Wildman–Crippen MR) is 66.0 cm³/mol. The van der Waals surface area contributed by atoms with Gasteiger partial charge in [0.25, 0.3) is 0 Å². The van der Waals surface area contributed by atoms with Crippen molar-refractivity contribution in [1.82, 2.24) is 0 Å². The quantitative estimate of drug-likeness (QED) is 0.586. The van der Waals surface area contributed by atoms with Crippen LogP contribution in [0.4, 0.5) is 0 Å². The highest BCUT2D eigenvalue weighted by molar-refractivity contribution is 7.50. The molecule has 0 aliphatic heterocycles. The lowest BCUT2D eigenvalue weighted by atomic mass is 10.1. The molecule has 0 aromatic heterocycles. The molecule has 0 N–H and O–H groups in total. The number of carbonyl (C=O) groups is 1. The predicted octanol–water partition coefficient (Wildman–Crippen LogP) is 3.04. The summed E-state index contributed by atoms with van der Waals surface area (Å²) in [4.78, 5) is 11.2. The van der Waals surface area contributed by atoms with Crippen LogP contribution in [0.1, 0.15) is 22.8 Å². The van der Waals surface area contributed by atoms with Crippen molar-refractivity contribution in [3.05, 3.63) is 35.4 Å². The van der Waals surface area contributed by atoms with Crippen LogP contribution in [0.2, 0.25) is 0 Å². The Labute approximate surface area is 97.6 Å². The zero-order chi connectivity index (χ0) is 12.0. The highest BCUT2D eigenvalue weighted by atomic mass is 31.1. The van der Waals surface area contributed by atoms with E-state index in [9.17, 15) is 4.79 Å². The second kappa shape index (κ2) is 6.62. The van der Waals surface area contributed by atoms with Crippen LogP contribution in [0.25, 0.3) is 0 Å². The third-order valence-electron chi connectivity index (χ3n) is 2.13. The molecule has 0 radical (unpaired) electrons. The summed E-state index contributed by atoms with van der Waals surface area (Å²) in [6, 6.07) is 7.47. The number of hydrogen-bond acceptors (Lipinski definition) is 3. The SMILES string of the molecule is CCOP(C)Cc1ccc(C(=O)OC)cc1. The Bertz CT molecular complexity index is 335. The molecule has 0 aliphatic carbocycles. The molecule has 0 aliphatic rings.